The lowest BCUT2D eigenvalue weighted by Crippen LogP contribution is -2.47. The Kier molecular flexibility index (Phi) is 5.65. The van der Waals surface area contributed by atoms with Crippen molar-refractivity contribution in [3.05, 3.63) is 28.8 Å². The Balaban J connectivity index is 1.74. The average Bonchev–Trinajstić information content (AvgIpc) is 3.22. The molecular weight excluding hydrogens is 337 g/mol. The molecule has 7 nitrogen and oxygen atoms in total. The number of carbonyl (C=O) groups excluding carboxylic acids is 2. The van der Waals surface area contributed by atoms with Crippen molar-refractivity contribution >= 4 is 24.5 Å². The molecule has 2 N–H and O–H groups in total. The van der Waals surface area contributed by atoms with Gasteiger partial charge >= 0.3 is 13.1 Å². The van der Waals surface area contributed by atoms with Crippen molar-refractivity contribution in [2.75, 3.05) is 13.2 Å². The summed E-state index contributed by atoms with van der Waals surface area (Å²) in [6.45, 7) is 6.77. The number of ether oxygens (including phenoxy) is 2. The zero-order valence-electron chi connectivity index (χ0n) is 15.3. The molecule has 1 fully saturated rings. The summed E-state index contributed by atoms with van der Waals surface area (Å²) in [4.78, 5) is 25.2. The molecule has 0 spiro atoms. The minimum Gasteiger partial charge on any atom is -0.458 e. The number of nitrogens with one attached hydrogen (secondary N) is 1. The SMILES string of the molecule is Cc1c(C(=O)NC(C(=O)O[C@H]2CCOC2)C(C)C)ccc2c1B(O)OC2. The molecule has 0 saturated carbocycles. The van der Waals surface area contributed by atoms with Gasteiger partial charge in [0.2, 0.25) is 0 Å². The standard InChI is InChI=1S/C18H24BNO6/c1-10(2)16(18(22)26-13-6-7-24-9-13)20-17(21)14-5-4-12-8-25-19(23)15(12)11(14)3/h4-5,10,13,16,23H,6-9H2,1-3H3,(H,20,21)/t13-,16?/m0/s1. The van der Waals surface area contributed by atoms with Crippen molar-refractivity contribution in [2.24, 2.45) is 5.92 Å². The normalized spacial score (nSPS) is 20.2. The average molecular weight is 361 g/mol. The zero-order chi connectivity index (χ0) is 18.8. The van der Waals surface area contributed by atoms with Crippen LogP contribution in [0, 0.1) is 12.8 Å². The Morgan fingerprint density at radius 1 is 1.38 bits per heavy atom. The fourth-order valence-electron chi connectivity index (χ4n) is 3.31. The Labute approximate surface area is 153 Å². The van der Waals surface area contributed by atoms with E-state index in [1.54, 1.807) is 19.1 Å². The summed E-state index contributed by atoms with van der Waals surface area (Å²) in [5.41, 5.74) is 2.57. The number of hydrogen-bond acceptors (Lipinski definition) is 6. The highest BCUT2D eigenvalue weighted by Crippen LogP contribution is 2.17. The van der Waals surface area contributed by atoms with Crippen molar-refractivity contribution < 1.29 is 28.7 Å². The molecule has 2 aliphatic rings. The van der Waals surface area contributed by atoms with Crippen LogP contribution in [0.1, 0.15) is 41.8 Å². The molecule has 0 aliphatic carbocycles. The monoisotopic (exact) mass is 361 g/mol. The molecule has 1 amide bonds. The number of amides is 1. The molecule has 0 radical (unpaired) electrons. The molecule has 8 heteroatoms. The van der Waals surface area contributed by atoms with E-state index in [0.717, 1.165) is 5.56 Å². The van der Waals surface area contributed by atoms with Crippen molar-refractivity contribution in [3.63, 3.8) is 0 Å². The number of benzene rings is 1. The van der Waals surface area contributed by atoms with E-state index in [-0.39, 0.29) is 17.9 Å². The van der Waals surface area contributed by atoms with Gasteiger partial charge in [-0.2, -0.15) is 0 Å². The van der Waals surface area contributed by atoms with Crippen molar-refractivity contribution in [2.45, 2.75) is 45.9 Å². The van der Waals surface area contributed by atoms with Crippen LogP contribution < -0.4 is 10.8 Å². The third-order valence-corrected chi connectivity index (χ3v) is 4.87. The van der Waals surface area contributed by atoms with Crippen LogP contribution >= 0.6 is 0 Å². The molecule has 26 heavy (non-hydrogen) atoms. The molecule has 1 unspecified atom stereocenters. The van der Waals surface area contributed by atoms with Crippen molar-refractivity contribution in [3.8, 4) is 0 Å². The predicted octanol–water partition coefficient (Wildman–Crippen LogP) is 0.299. The van der Waals surface area contributed by atoms with E-state index in [1.165, 1.54) is 0 Å². The molecule has 2 atom stereocenters. The van der Waals surface area contributed by atoms with Gasteiger partial charge in [-0.25, -0.2) is 4.79 Å². The molecule has 2 heterocycles. The fraction of sp³-hybridized carbons (Fsp3) is 0.556. The first-order chi connectivity index (χ1) is 12.4. The maximum atomic E-state index is 12.8. The van der Waals surface area contributed by atoms with Gasteiger partial charge in [-0.3, -0.25) is 4.79 Å². The van der Waals surface area contributed by atoms with Gasteiger partial charge in [0.1, 0.15) is 12.1 Å². The number of fused-ring (bicyclic) bond motifs is 1. The Morgan fingerprint density at radius 3 is 2.81 bits per heavy atom. The third-order valence-electron chi connectivity index (χ3n) is 4.87. The highest BCUT2D eigenvalue weighted by Gasteiger charge is 2.33. The minimum atomic E-state index is -1.02. The van der Waals surface area contributed by atoms with Crippen LogP contribution in [0.4, 0.5) is 0 Å². The first-order valence-electron chi connectivity index (χ1n) is 8.89. The molecule has 140 valence electrons. The molecule has 1 aromatic carbocycles. The second-order valence-electron chi connectivity index (χ2n) is 7.09. The van der Waals surface area contributed by atoms with Gasteiger partial charge in [-0.1, -0.05) is 19.9 Å². The smallest absolute Gasteiger partial charge is 0.458 e. The van der Waals surface area contributed by atoms with Gasteiger partial charge in [-0.05, 0) is 35.5 Å². The number of carbonyl (C=O) groups is 2. The van der Waals surface area contributed by atoms with Gasteiger partial charge in [0, 0.05) is 12.0 Å². The highest BCUT2D eigenvalue weighted by atomic mass is 16.6. The van der Waals surface area contributed by atoms with E-state index in [4.69, 9.17) is 14.1 Å². The van der Waals surface area contributed by atoms with Crippen LogP contribution in [0.15, 0.2) is 12.1 Å². The summed E-state index contributed by atoms with van der Waals surface area (Å²) < 4.78 is 15.9. The first-order valence-corrected chi connectivity index (χ1v) is 8.89. The molecule has 0 bridgehead atoms. The Bertz CT molecular complexity index is 701. The topological polar surface area (TPSA) is 94.1 Å². The summed E-state index contributed by atoms with van der Waals surface area (Å²) in [5.74, 6) is -0.953. The van der Waals surface area contributed by atoms with Gasteiger partial charge in [-0.15, -0.1) is 0 Å². The van der Waals surface area contributed by atoms with E-state index >= 15 is 0 Å². The lowest BCUT2D eigenvalue weighted by atomic mass is 9.75. The van der Waals surface area contributed by atoms with Crippen LogP contribution in [-0.2, 0) is 25.5 Å². The van der Waals surface area contributed by atoms with Crippen LogP contribution in [-0.4, -0.2) is 49.4 Å². The second-order valence-corrected chi connectivity index (χ2v) is 7.09. The van der Waals surface area contributed by atoms with Crippen LogP contribution in [0.2, 0.25) is 0 Å². The molecule has 3 rings (SSSR count). The fourth-order valence-corrected chi connectivity index (χ4v) is 3.31. The van der Waals surface area contributed by atoms with E-state index in [0.29, 0.717) is 42.8 Å². The van der Waals surface area contributed by atoms with Gasteiger partial charge in [0.15, 0.2) is 0 Å². The molecular formula is C18H24BNO6. The van der Waals surface area contributed by atoms with E-state index in [9.17, 15) is 14.6 Å². The Hall–Kier alpha value is -1.90. The molecule has 1 aromatic rings. The van der Waals surface area contributed by atoms with Gasteiger partial charge in [0.05, 0.1) is 19.8 Å². The lowest BCUT2D eigenvalue weighted by Gasteiger charge is -2.23. The first kappa shape index (κ1) is 18.9. The number of esters is 1. The van der Waals surface area contributed by atoms with E-state index in [1.807, 2.05) is 13.8 Å². The quantitative estimate of drug-likeness (QED) is 0.579. The second kappa shape index (κ2) is 7.78. The summed E-state index contributed by atoms with van der Waals surface area (Å²) in [6.07, 6.45) is 0.418. The van der Waals surface area contributed by atoms with Gasteiger partial charge in [0.25, 0.3) is 5.91 Å². The molecule has 1 saturated heterocycles. The minimum absolute atomic E-state index is 0.127. The largest absolute Gasteiger partial charge is 0.492 e. The zero-order valence-corrected chi connectivity index (χ0v) is 15.3. The molecule has 0 aromatic heterocycles. The highest BCUT2D eigenvalue weighted by molar-refractivity contribution is 6.62. The predicted molar refractivity (Wildman–Crippen MR) is 95.0 cm³/mol. The number of hydrogen-bond donors (Lipinski definition) is 2. The Morgan fingerprint density at radius 2 is 2.15 bits per heavy atom. The van der Waals surface area contributed by atoms with Crippen LogP contribution in [0.5, 0.6) is 0 Å². The lowest BCUT2D eigenvalue weighted by molar-refractivity contribution is -0.152. The maximum absolute atomic E-state index is 12.8. The summed E-state index contributed by atoms with van der Waals surface area (Å²) in [6, 6.07) is 2.71. The maximum Gasteiger partial charge on any atom is 0.492 e. The summed E-state index contributed by atoms with van der Waals surface area (Å²) in [7, 11) is -1.02. The van der Waals surface area contributed by atoms with Gasteiger partial charge < -0.3 is 24.5 Å². The number of rotatable bonds is 5. The van der Waals surface area contributed by atoms with E-state index < -0.39 is 19.1 Å². The van der Waals surface area contributed by atoms with Crippen molar-refractivity contribution in [1.82, 2.24) is 5.32 Å². The van der Waals surface area contributed by atoms with Crippen LogP contribution in [0.3, 0.4) is 0 Å². The van der Waals surface area contributed by atoms with E-state index in [2.05, 4.69) is 5.32 Å². The third kappa shape index (κ3) is 3.77. The van der Waals surface area contributed by atoms with Crippen molar-refractivity contribution in [1.29, 1.82) is 0 Å². The summed E-state index contributed by atoms with van der Waals surface area (Å²) >= 11 is 0. The van der Waals surface area contributed by atoms with Crippen LogP contribution in [0.25, 0.3) is 0 Å². The summed E-state index contributed by atoms with van der Waals surface area (Å²) in [5, 5.41) is 12.7. The molecule has 2 aliphatic heterocycles.